The molecule has 1 heterocycles. The molecular weight excluding hydrogens is 218 g/mol. The molecule has 0 aliphatic rings. The Hall–Kier alpha value is -0.740. The summed E-state index contributed by atoms with van der Waals surface area (Å²) < 4.78 is 0.847. The largest absolute Gasteiger partial charge is 0.322 e. The predicted molar refractivity (Wildman–Crippen MR) is 51.5 cm³/mol. The molecule has 0 spiro atoms. The number of nitrogens with zero attached hydrogens (tertiary/aromatic N) is 2. The van der Waals surface area contributed by atoms with E-state index in [1.54, 1.807) is 12.3 Å². The van der Waals surface area contributed by atoms with Gasteiger partial charge >= 0.3 is 0 Å². The van der Waals surface area contributed by atoms with E-state index in [0.29, 0.717) is 0 Å². The molecule has 12 heavy (non-hydrogen) atoms. The van der Waals surface area contributed by atoms with Crippen LogP contribution < -0.4 is 5.73 Å². The van der Waals surface area contributed by atoms with E-state index in [-0.39, 0.29) is 6.04 Å². The van der Waals surface area contributed by atoms with Gasteiger partial charge in [-0.15, -0.1) is 6.58 Å². The smallest absolute Gasteiger partial charge is 0.115 e. The zero-order chi connectivity index (χ0) is 8.97. The fraction of sp³-hybridized carbons (Fsp3) is 0.250. The van der Waals surface area contributed by atoms with Gasteiger partial charge in [0, 0.05) is 6.20 Å². The van der Waals surface area contributed by atoms with E-state index in [1.165, 1.54) is 6.33 Å². The van der Waals surface area contributed by atoms with Crippen LogP contribution in [0.1, 0.15) is 18.2 Å². The van der Waals surface area contributed by atoms with E-state index in [9.17, 15) is 0 Å². The van der Waals surface area contributed by atoms with Crippen molar-refractivity contribution in [2.45, 2.75) is 12.5 Å². The van der Waals surface area contributed by atoms with Gasteiger partial charge < -0.3 is 5.73 Å². The first-order chi connectivity index (χ1) is 5.75. The number of rotatable bonds is 3. The maximum Gasteiger partial charge on any atom is 0.115 e. The van der Waals surface area contributed by atoms with Gasteiger partial charge in [0.15, 0.2) is 0 Å². The van der Waals surface area contributed by atoms with Gasteiger partial charge in [0.1, 0.15) is 6.33 Å². The topological polar surface area (TPSA) is 51.8 Å². The number of hydrogen-bond donors (Lipinski definition) is 1. The Kier molecular flexibility index (Phi) is 3.37. The van der Waals surface area contributed by atoms with E-state index in [1.807, 2.05) is 0 Å². The third-order valence-corrected chi connectivity index (χ3v) is 2.08. The molecule has 3 nitrogen and oxygen atoms in total. The SMILES string of the molecule is C=CCC(N)c1ncncc1Br. The fourth-order valence-corrected chi connectivity index (χ4v) is 1.40. The molecule has 0 aliphatic carbocycles. The first-order valence-corrected chi connectivity index (χ1v) is 4.37. The van der Waals surface area contributed by atoms with Crippen LogP contribution in [-0.4, -0.2) is 9.97 Å². The van der Waals surface area contributed by atoms with Crippen LogP contribution in [0, 0.1) is 0 Å². The number of halogens is 1. The zero-order valence-electron chi connectivity index (χ0n) is 6.57. The van der Waals surface area contributed by atoms with Crippen LogP contribution in [-0.2, 0) is 0 Å². The standard InChI is InChI=1S/C8H10BrN3/c1-2-3-7(10)8-6(9)4-11-5-12-8/h2,4-5,7H,1,3,10H2. The molecule has 1 aromatic rings. The Balaban J connectivity index is 2.86. The van der Waals surface area contributed by atoms with Crippen molar-refractivity contribution in [2.24, 2.45) is 5.73 Å². The van der Waals surface area contributed by atoms with Gasteiger partial charge in [-0.1, -0.05) is 6.08 Å². The molecular formula is C8H10BrN3. The Morgan fingerprint density at radius 3 is 3.08 bits per heavy atom. The highest BCUT2D eigenvalue weighted by molar-refractivity contribution is 9.10. The van der Waals surface area contributed by atoms with Crippen molar-refractivity contribution < 1.29 is 0 Å². The lowest BCUT2D eigenvalue weighted by molar-refractivity contribution is 0.705. The summed E-state index contributed by atoms with van der Waals surface area (Å²) in [5, 5.41) is 0. The molecule has 64 valence electrons. The lowest BCUT2D eigenvalue weighted by Gasteiger charge is -2.08. The van der Waals surface area contributed by atoms with E-state index >= 15 is 0 Å². The minimum atomic E-state index is -0.0973. The third kappa shape index (κ3) is 2.12. The molecule has 0 aliphatic heterocycles. The van der Waals surface area contributed by atoms with Crippen molar-refractivity contribution in [3.8, 4) is 0 Å². The summed E-state index contributed by atoms with van der Waals surface area (Å²) in [6.07, 6.45) is 5.67. The highest BCUT2D eigenvalue weighted by atomic mass is 79.9. The van der Waals surface area contributed by atoms with Crippen molar-refractivity contribution in [1.29, 1.82) is 0 Å². The summed E-state index contributed by atoms with van der Waals surface area (Å²) in [5.41, 5.74) is 6.64. The number of hydrogen-bond acceptors (Lipinski definition) is 3. The number of nitrogens with two attached hydrogens (primary N) is 1. The van der Waals surface area contributed by atoms with Crippen molar-refractivity contribution >= 4 is 15.9 Å². The zero-order valence-corrected chi connectivity index (χ0v) is 8.16. The van der Waals surface area contributed by atoms with Gasteiger partial charge in [-0.2, -0.15) is 0 Å². The summed E-state index contributed by atoms with van der Waals surface area (Å²) in [7, 11) is 0. The molecule has 0 fully saturated rings. The van der Waals surface area contributed by atoms with E-state index in [4.69, 9.17) is 5.73 Å². The first-order valence-electron chi connectivity index (χ1n) is 3.57. The van der Waals surface area contributed by atoms with Crippen LogP contribution in [0.25, 0.3) is 0 Å². The number of aromatic nitrogens is 2. The second-order valence-corrected chi connectivity index (χ2v) is 3.24. The lowest BCUT2D eigenvalue weighted by Crippen LogP contribution is -2.11. The molecule has 0 radical (unpaired) electrons. The van der Waals surface area contributed by atoms with Crippen LogP contribution in [0.3, 0.4) is 0 Å². The molecule has 2 N–H and O–H groups in total. The quantitative estimate of drug-likeness (QED) is 0.802. The highest BCUT2D eigenvalue weighted by Gasteiger charge is 2.08. The minimum absolute atomic E-state index is 0.0973. The molecule has 4 heteroatoms. The fourth-order valence-electron chi connectivity index (χ4n) is 0.886. The molecule has 0 saturated carbocycles. The summed E-state index contributed by atoms with van der Waals surface area (Å²) in [5.74, 6) is 0. The van der Waals surface area contributed by atoms with Gasteiger partial charge in [-0.05, 0) is 22.4 Å². The average Bonchev–Trinajstić information content (AvgIpc) is 2.05. The Morgan fingerprint density at radius 2 is 2.50 bits per heavy atom. The van der Waals surface area contributed by atoms with Crippen molar-refractivity contribution in [3.05, 3.63) is 35.3 Å². The third-order valence-electron chi connectivity index (χ3n) is 1.47. The summed E-state index contributed by atoms with van der Waals surface area (Å²) in [6.45, 7) is 3.62. The average molecular weight is 228 g/mol. The first kappa shape index (κ1) is 9.35. The minimum Gasteiger partial charge on any atom is -0.322 e. The van der Waals surface area contributed by atoms with Crippen molar-refractivity contribution in [3.63, 3.8) is 0 Å². The molecule has 1 unspecified atom stereocenters. The highest BCUT2D eigenvalue weighted by Crippen LogP contribution is 2.20. The second-order valence-electron chi connectivity index (χ2n) is 2.39. The van der Waals surface area contributed by atoms with Crippen LogP contribution in [0.4, 0.5) is 0 Å². The summed E-state index contributed by atoms with van der Waals surface area (Å²) >= 11 is 3.33. The molecule has 0 amide bonds. The Morgan fingerprint density at radius 1 is 1.75 bits per heavy atom. The van der Waals surface area contributed by atoms with E-state index < -0.39 is 0 Å². The van der Waals surface area contributed by atoms with E-state index in [2.05, 4.69) is 32.5 Å². The Bertz CT molecular complexity index is 275. The molecule has 1 rings (SSSR count). The van der Waals surface area contributed by atoms with Crippen LogP contribution in [0.2, 0.25) is 0 Å². The maximum atomic E-state index is 5.81. The van der Waals surface area contributed by atoms with Gasteiger partial charge in [-0.25, -0.2) is 9.97 Å². The van der Waals surface area contributed by atoms with Gasteiger partial charge in [0.2, 0.25) is 0 Å². The van der Waals surface area contributed by atoms with Gasteiger partial charge in [-0.3, -0.25) is 0 Å². The molecule has 0 bridgehead atoms. The molecule has 0 saturated heterocycles. The Labute approximate surface area is 79.8 Å². The summed E-state index contributed by atoms with van der Waals surface area (Å²) in [6, 6.07) is -0.0973. The normalized spacial score (nSPS) is 12.5. The molecule has 1 aromatic heterocycles. The van der Waals surface area contributed by atoms with Gasteiger partial charge in [0.05, 0.1) is 16.2 Å². The van der Waals surface area contributed by atoms with Crippen molar-refractivity contribution in [1.82, 2.24) is 9.97 Å². The molecule has 0 aromatic carbocycles. The monoisotopic (exact) mass is 227 g/mol. The van der Waals surface area contributed by atoms with Gasteiger partial charge in [0.25, 0.3) is 0 Å². The van der Waals surface area contributed by atoms with Crippen LogP contribution in [0.15, 0.2) is 29.7 Å². The van der Waals surface area contributed by atoms with Crippen LogP contribution >= 0.6 is 15.9 Å². The van der Waals surface area contributed by atoms with Crippen LogP contribution in [0.5, 0.6) is 0 Å². The summed E-state index contributed by atoms with van der Waals surface area (Å²) in [4.78, 5) is 7.91. The maximum absolute atomic E-state index is 5.81. The molecule has 1 atom stereocenters. The predicted octanol–water partition coefficient (Wildman–Crippen LogP) is 1.81. The lowest BCUT2D eigenvalue weighted by atomic mass is 10.1. The van der Waals surface area contributed by atoms with Crippen molar-refractivity contribution in [2.75, 3.05) is 0 Å². The second kappa shape index (κ2) is 4.33. The van der Waals surface area contributed by atoms with E-state index in [0.717, 1.165) is 16.6 Å².